The van der Waals surface area contributed by atoms with E-state index in [0.717, 1.165) is 12.1 Å². The first-order valence-corrected chi connectivity index (χ1v) is 6.98. The molecule has 7 heteroatoms. The van der Waals surface area contributed by atoms with Gasteiger partial charge < -0.3 is 15.7 Å². The zero-order valence-electron chi connectivity index (χ0n) is 12.5. The number of hydrogen-bond acceptors (Lipinski definition) is 3. The minimum Gasteiger partial charge on any atom is -0.383 e. The van der Waals surface area contributed by atoms with E-state index in [0.29, 0.717) is 11.8 Å². The van der Waals surface area contributed by atoms with E-state index in [9.17, 15) is 18.7 Å². The Hall–Kier alpha value is -2.54. The number of carbonyl (C=O) groups is 1. The fourth-order valence-corrected chi connectivity index (χ4v) is 2.01. The Morgan fingerprint density at radius 1 is 1.26 bits per heavy atom. The van der Waals surface area contributed by atoms with Crippen LogP contribution in [0.25, 0.3) is 0 Å². The molecule has 0 saturated carbocycles. The van der Waals surface area contributed by atoms with Crippen molar-refractivity contribution in [2.24, 2.45) is 0 Å². The van der Waals surface area contributed by atoms with Gasteiger partial charge in [0.15, 0.2) is 0 Å². The summed E-state index contributed by atoms with van der Waals surface area (Å²) < 4.78 is 26.6. The van der Waals surface area contributed by atoms with Gasteiger partial charge in [0, 0.05) is 17.8 Å². The van der Waals surface area contributed by atoms with Crippen molar-refractivity contribution in [1.29, 1.82) is 0 Å². The molecule has 0 fully saturated rings. The largest absolute Gasteiger partial charge is 0.383 e. The first kappa shape index (κ1) is 16.8. The minimum atomic E-state index is -1.67. The van der Waals surface area contributed by atoms with Crippen LogP contribution in [-0.4, -0.2) is 22.7 Å². The van der Waals surface area contributed by atoms with E-state index in [-0.39, 0.29) is 18.7 Å². The van der Waals surface area contributed by atoms with E-state index in [2.05, 4.69) is 15.6 Å². The van der Waals surface area contributed by atoms with Gasteiger partial charge in [-0.2, -0.15) is 0 Å². The lowest BCUT2D eigenvalue weighted by atomic mass is 9.95. The van der Waals surface area contributed by atoms with Crippen LogP contribution in [0, 0.1) is 11.6 Å². The summed E-state index contributed by atoms with van der Waals surface area (Å²) in [5.74, 6) is -1.60. The topological polar surface area (TPSA) is 74.2 Å². The van der Waals surface area contributed by atoms with E-state index in [4.69, 9.17) is 0 Å². The lowest BCUT2D eigenvalue weighted by molar-refractivity contribution is 0.0555. The average molecular weight is 321 g/mol. The lowest BCUT2D eigenvalue weighted by Crippen LogP contribution is -2.43. The third kappa shape index (κ3) is 4.72. The van der Waals surface area contributed by atoms with Crippen molar-refractivity contribution in [3.8, 4) is 0 Å². The lowest BCUT2D eigenvalue weighted by Gasteiger charge is -2.24. The summed E-state index contributed by atoms with van der Waals surface area (Å²) >= 11 is 0. The van der Waals surface area contributed by atoms with Crippen molar-refractivity contribution < 1.29 is 18.7 Å². The molecule has 0 bridgehead atoms. The number of pyridine rings is 1. The van der Waals surface area contributed by atoms with E-state index >= 15 is 0 Å². The number of hydrogen-bond donors (Lipinski definition) is 3. The van der Waals surface area contributed by atoms with Gasteiger partial charge >= 0.3 is 6.03 Å². The van der Waals surface area contributed by atoms with Gasteiger partial charge in [0.2, 0.25) is 0 Å². The second-order valence-electron chi connectivity index (χ2n) is 5.26. The first-order valence-electron chi connectivity index (χ1n) is 6.98. The van der Waals surface area contributed by atoms with Crippen molar-refractivity contribution in [3.05, 3.63) is 65.5 Å². The molecular formula is C16H17F2N3O2. The van der Waals surface area contributed by atoms with Gasteiger partial charge in [0.25, 0.3) is 0 Å². The van der Waals surface area contributed by atoms with E-state index < -0.39 is 23.3 Å². The summed E-state index contributed by atoms with van der Waals surface area (Å²) in [7, 11) is 0. The average Bonchev–Trinajstić information content (AvgIpc) is 2.51. The Balaban J connectivity index is 1.89. The zero-order valence-corrected chi connectivity index (χ0v) is 12.5. The molecule has 1 aromatic heterocycles. The predicted octanol–water partition coefficient (Wildman–Crippen LogP) is 2.07. The summed E-state index contributed by atoms with van der Waals surface area (Å²) in [5, 5.41) is 15.3. The summed E-state index contributed by atoms with van der Waals surface area (Å²) in [6, 6.07) is 7.67. The number of nitrogens with zero attached hydrogens (tertiary/aromatic N) is 1. The SMILES string of the molecule is CC(O)(CNC(=O)NCc1ccccn1)c1ccc(F)cc1F. The van der Waals surface area contributed by atoms with E-state index in [1.165, 1.54) is 6.92 Å². The van der Waals surface area contributed by atoms with Crippen LogP contribution in [0.5, 0.6) is 0 Å². The smallest absolute Gasteiger partial charge is 0.315 e. The Kier molecular flexibility index (Phi) is 5.23. The summed E-state index contributed by atoms with van der Waals surface area (Å²) in [5.41, 5.74) is -1.08. The molecule has 5 nitrogen and oxygen atoms in total. The molecule has 1 aromatic carbocycles. The molecule has 3 N–H and O–H groups in total. The maximum Gasteiger partial charge on any atom is 0.315 e. The standard InChI is InChI=1S/C16H17F2N3O2/c1-16(23,13-6-5-11(17)8-14(13)18)10-21-15(22)20-9-12-4-2-3-7-19-12/h2-8,23H,9-10H2,1H3,(H2,20,21,22). The van der Waals surface area contributed by atoms with Crippen molar-refractivity contribution in [2.75, 3.05) is 6.54 Å². The van der Waals surface area contributed by atoms with E-state index in [1.807, 2.05) is 0 Å². The number of aromatic nitrogens is 1. The van der Waals surface area contributed by atoms with Crippen LogP contribution in [0.3, 0.4) is 0 Å². The number of aliphatic hydroxyl groups is 1. The maximum absolute atomic E-state index is 13.7. The normalized spacial score (nSPS) is 13.2. The van der Waals surface area contributed by atoms with E-state index in [1.54, 1.807) is 24.4 Å². The van der Waals surface area contributed by atoms with Crippen LogP contribution in [0.15, 0.2) is 42.6 Å². The van der Waals surface area contributed by atoms with Gasteiger partial charge in [-0.1, -0.05) is 12.1 Å². The Bertz CT molecular complexity index is 678. The monoisotopic (exact) mass is 321 g/mol. The van der Waals surface area contributed by atoms with Gasteiger partial charge in [-0.3, -0.25) is 4.98 Å². The highest BCUT2D eigenvalue weighted by Crippen LogP contribution is 2.23. The molecule has 2 rings (SSSR count). The molecule has 2 amide bonds. The quantitative estimate of drug-likeness (QED) is 0.789. The molecule has 1 unspecified atom stereocenters. The number of carbonyl (C=O) groups excluding carboxylic acids is 1. The van der Waals surface area contributed by atoms with Crippen LogP contribution in [0.2, 0.25) is 0 Å². The molecule has 0 spiro atoms. The highest BCUT2D eigenvalue weighted by Gasteiger charge is 2.27. The Labute approximate surface area is 132 Å². The molecule has 1 heterocycles. The second-order valence-corrected chi connectivity index (χ2v) is 5.26. The highest BCUT2D eigenvalue weighted by atomic mass is 19.1. The first-order chi connectivity index (χ1) is 10.9. The van der Waals surface area contributed by atoms with Crippen LogP contribution in [0.1, 0.15) is 18.2 Å². The van der Waals surface area contributed by atoms with Crippen molar-refractivity contribution >= 4 is 6.03 Å². The highest BCUT2D eigenvalue weighted by molar-refractivity contribution is 5.73. The third-order valence-corrected chi connectivity index (χ3v) is 3.26. The molecule has 0 saturated heterocycles. The van der Waals surface area contributed by atoms with Crippen molar-refractivity contribution in [1.82, 2.24) is 15.6 Å². The fourth-order valence-electron chi connectivity index (χ4n) is 2.01. The number of halogens is 2. The number of amides is 2. The Morgan fingerprint density at radius 3 is 2.70 bits per heavy atom. The molecule has 1 atom stereocenters. The second kappa shape index (κ2) is 7.15. The number of urea groups is 1. The molecule has 23 heavy (non-hydrogen) atoms. The predicted molar refractivity (Wildman–Crippen MR) is 80.4 cm³/mol. The fraction of sp³-hybridized carbons (Fsp3) is 0.250. The van der Waals surface area contributed by atoms with Crippen LogP contribution < -0.4 is 10.6 Å². The molecule has 0 aliphatic carbocycles. The molecular weight excluding hydrogens is 304 g/mol. The Morgan fingerprint density at radius 2 is 2.04 bits per heavy atom. The number of benzene rings is 1. The molecule has 0 aliphatic heterocycles. The van der Waals surface area contributed by atoms with Crippen LogP contribution in [0.4, 0.5) is 13.6 Å². The molecule has 122 valence electrons. The van der Waals surface area contributed by atoms with Gasteiger partial charge in [0.1, 0.15) is 17.2 Å². The molecule has 0 aliphatic rings. The van der Waals surface area contributed by atoms with Gasteiger partial charge in [-0.15, -0.1) is 0 Å². The maximum atomic E-state index is 13.7. The zero-order chi connectivity index (χ0) is 16.9. The van der Waals surface area contributed by atoms with Crippen LogP contribution >= 0.6 is 0 Å². The summed E-state index contributed by atoms with van der Waals surface area (Å²) in [6.07, 6.45) is 1.61. The molecule has 0 radical (unpaired) electrons. The van der Waals surface area contributed by atoms with Crippen molar-refractivity contribution in [2.45, 2.75) is 19.1 Å². The van der Waals surface area contributed by atoms with Crippen LogP contribution in [-0.2, 0) is 12.1 Å². The van der Waals surface area contributed by atoms with Gasteiger partial charge in [-0.25, -0.2) is 13.6 Å². The number of rotatable bonds is 5. The summed E-state index contributed by atoms with van der Waals surface area (Å²) in [6.45, 7) is 1.33. The van der Waals surface area contributed by atoms with Gasteiger partial charge in [-0.05, 0) is 25.1 Å². The number of nitrogens with one attached hydrogen (secondary N) is 2. The van der Waals surface area contributed by atoms with Crippen molar-refractivity contribution in [3.63, 3.8) is 0 Å². The minimum absolute atomic E-state index is 0.0936. The molecule has 2 aromatic rings. The van der Waals surface area contributed by atoms with Gasteiger partial charge in [0.05, 0.1) is 18.8 Å². The third-order valence-electron chi connectivity index (χ3n) is 3.26. The summed E-state index contributed by atoms with van der Waals surface area (Å²) in [4.78, 5) is 15.8.